The van der Waals surface area contributed by atoms with Crippen molar-refractivity contribution in [2.45, 2.75) is 17.9 Å². The Kier molecular flexibility index (Phi) is 4.72. The minimum atomic E-state index is -5.27. The third-order valence-electron chi connectivity index (χ3n) is 4.07. The summed E-state index contributed by atoms with van der Waals surface area (Å²) in [5.74, 6) is -3.01. The highest BCUT2D eigenvalue weighted by Gasteiger charge is 2.66. The molecular weight excluding hydrogens is 393 g/mol. The van der Waals surface area contributed by atoms with Crippen LogP contribution in [0.5, 0.6) is 0 Å². The number of nitrogens with one attached hydrogen (secondary N) is 2. The summed E-state index contributed by atoms with van der Waals surface area (Å²) in [6.07, 6.45) is -5.27. The molecule has 0 aliphatic carbocycles. The lowest BCUT2D eigenvalue weighted by Crippen LogP contribution is -2.72. The second-order valence-corrected chi connectivity index (χ2v) is 7.12. The first-order valence-electron chi connectivity index (χ1n) is 7.34. The molecular formula is C16H12ClF3N2O3S. The van der Waals surface area contributed by atoms with Crippen molar-refractivity contribution >= 4 is 34.8 Å². The van der Waals surface area contributed by atoms with E-state index in [9.17, 15) is 27.9 Å². The number of carbonyl (C=O) groups is 2. The molecule has 3 rings (SSSR count). The number of hydrogen-bond donors (Lipinski definition) is 3. The summed E-state index contributed by atoms with van der Waals surface area (Å²) < 4.78 is 40.9. The van der Waals surface area contributed by atoms with Crippen molar-refractivity contribution in [3.8, 4) is 0 Å². The molecule has 1 aromatic heterocycles. The molecule has 2 aromatic rings. The summed E-state index contributed by atoms with van der Waals surface area (Å²) in [7, 11) is 0. The average Bonchev–Trinajstić information content (AvgIpc) is 3.07. The highest BCUT2D eigenvalue weighted by atomic mass is 35.5. The van der Waals surface area contributed by atoms with E-state index in [0.29, 0.717) is 9.90 Å². The van der Waals surface area contributed by atoms with Gasteiger partial charge in [-0.2, -0.15) is 13.2 Å². The van der Waals surface area contributed by atoms with Gasteiger partial charge in [0.2, 0.25) is 5.72 Å². The Hall–Kier alpha value is -2.10. The maximum atomic E-state index is 13.6. The van der Waals surface area contributed by atoms with Crippen LogP contribution in [0.3, 0.4) is 0 Å². The topological polar surface area (TPSA) is 78.4 Å². The van der Waals surface area contributed by atoms with E-state index in [0.717, 1.165) is 11.3 Å². The maximum absolute atomic E-state index is 13.6. The van der Waals surface area contributed by atoms with Gasteiger partial charge in [-0.05, 0) is 35.7 Å². The SMILES string of the molecule is O=C1N[C@H](c2cccs2)[C@H](C(=O)c2ccc(Cl)cc2)[C@](O)(C(F)(F)F)N1. The number of benzene rings is 1. The normalized spacial score (nSPS) is 26.1. The fraction of sp³-hybridized carbons (Fsp3) is 0.250. The molecule has 10 heteroatoms. The van der Waals surface area contributed by atoms with Crippen molar-refractivity contribution < 1.29 is 27.9 Å². The number of alkyl halides is 3. The standard InChI is InChI=1S/C16H12ClF3N2O3S/c17-9-5-3-8(4-6-9)13(23)11-12(10-2-1-7-26-10)21-14(24)22-15(11,25)16(18,19)20/h1-7,11-12,25H,(H2,21,22,24)/t11-,12-,15+/m1/s1. The van der Waals surface area contributed by atoms with Crippen molar-refractivity contribution in [1.82, 2.24) is 10.6 Å². The zero-order valence-electron chi connectivity index (χ0n) is 12.9. The summed E-state index contributed by atoms with van der Waals surface area (Å²) in [4.78, 5) is 25.0. The Labute approximate surface area is 154 Å². The Balaban J connectivity index is 2.13. The minimum Gasteiger partial charge on any atom is -0.363 e. The second-order valence-electron chi connectivity index (χ2n) is 5.70. The maximum Gasteiger partial charge on any atom is 0.437 e. The van der Waals surface area contributed by atoms with Crippen LogP contribution in [0.25, 0.3) is 0 Å². The van der Waals surface area contributed by atoms with E-state index in [-0.39, 0.29) is 5.56 Å². The van der Waals surface area contributed by atoms with Crippen molar-refractivity contribution in [2.75, 3.05) is 0 Å². The van der Waals surface area contributed by atoms with Gasteiger partial charge in [0.15, 0.2) is 5.78 Å². The van der Waals surface area contributed by atoms with Gasteiger partial charge >= 0.3 is 12.2 Å². The summed E-state index contributed by atoms with van der Waals surface area (Å²) >= 11 is 6.82. The minimum absolute atomic E-state index is 0.0680. The van der Waals surface area contributed by atoms with Gasteiger partial charge in [0.25, 0.3) is 0 Å². The van der Waals surface area contributed by atoms with Crippen LogP contribution in [-0.2, 0) is 0 Å². The molecule has 2 amide bonds. The third kappa shape index (κ3) is 3.17. The smallest absolute Gasteiger partial charge is 0.363 e. The number of rotatable bonds is 3. The lowest BCUT2D eigenvalue weighted by atomic mass is 9.79. The molecule has 0 radical (unpaired) electrons. The summed E-state index contributed by atoms with van der Waals surface area (Å²) in [5.41, 5.74) is -3.79. The number of halogens is 4. The number of carbonyl (C=O) groups excluding carboxylic acids is 2. The van der Waals surface area contributed by atoms with Crippen LogP contribution in [0, 0.1) is 5.92 Å². The molecule has 3 N–H and O–H groups in total. The molecule has 26 heavy (non-hydrogen) atoms. The molecule has 0 saturated carbocycles. The number of amides is 2. The largest absolute Gasteiger partial charge is 0.437 e. The van der Waals surface area contributed by atoms with Gasteiger partial charge in [-0.25, -0.2) is 4.79 Å². The first kappa shape index (κ1) is 18.7. The summed E-state index contributed by atoms with van der Waals surface area (Å²) in [5, 5.41) is 16.0. The first-order chi connectivity index (χ1) is 12.1. The Morgan fingerprint density at radius 3 is 2.42 bits per heavy atom. The molecule has 0 unspecified atom stereocenters. The number of aliphatic hydroxyl groups is 1. The van der Waals surface area contributed by atoms with Crippen LogP contribution in [0.1, 0.15) is 21.3 Å². The Morgan fingerprint density at radius 2 is 1.88 bits per heavy atom. The van der Waals surface area contributed by atoms with E-state index < -0.39 is 35.7 Å². The van der Waals surface area contributed by atoms with Crippen LogP contribution < -0.4 is 10.6 Å². The molecule has 1 aliphatic rings. The molecule has 0 bridgehead atoms. The van der Waals surface area contributed by atoms with Gasteiger partial charge < -0.3 is 15.7 Å². The fourth-order valence-electron chi connectivity index (χ4n) is 2.84. The van der Waals surface area contributed by atoms with Crippen molar-refractivity contribution in [2.24, 2.45) is 5.92 Å². The van der Waals surface area contributed by atoms with E-state index in [1.807, 2.05) is 0 Å². The van der Waals surface area contributed by atoms with E-state index >= 15 is 0 Å². The highest BCUT2D eigenvalue weighted by Crippen LogP contribution is 2.44. The molecule has 1 aromatic carbocycles. The second kappa shape index (κ2) is 6.57. The van der Waals surface area contributed by atoms with E-state index in [2.05, 4.69) is 5.32 Å². The molecule has 3 atom stereocenters. The molecule has 1 saturated heterocycles. The van der Waals surface area contributed by atoms with Gasteiger partial charge in [0.05, 0.1) is 6.04 Å². The van der Waals surface area contributed by atoms with Crippen molar-refractivity contribution in [1.29, 1.82) is 0 Å². The van der Waals surface area contributed by atoms with Gasteiger partial charge in [0.1, 0.15) is 5.92 Å². The van der Waals surface area contributed by atoms with Gasteiger partial charge in [-0.1, -0.05) is 17.7 Å². The van der Waals surface area contributed by atoms with E-state index in [1.165, 1.54) is 35.6 Å². The zero-order chi connectivity index (χ0) is 19.1. The molecule has 1 fully saturated rings. The quantitative estimate of drug-likeness (QED) is 0.685. The lowest BCUT2D eigenvalue weighted by molar-refractivity contribution is -0.287. The molecule has 2 heterocycles. The molecule has 0 spiro atoms. The monoisotopic (exact) mass is 404 g/mol. The number of hydrogen-bond acceptors (Lipinski definition) is 4. The highest BCUT2D eigenvalue weighted by molar-refractivity contribution is 7.10. The van der Waals surface area contributed by atoms with Crippen LogP contribution in [0.15, 0.2) is 41.8 Å². The first-order valence-corrected chi connectivity index (χ1v) is 8.60. The van der Waals surface area contributed by atoms with E-state index in [4.69, 9.17) is 11.6 Å². The summed E-state index contributed by atoms with van der Waals surface area (Å²) in [6, 6.07) is 5.74. The average molecular weight is 405 g/mol. The van der Waals surface area contributed by atoms with Gasteiger partial charge in [0, 0.05) is 15.5 Å². The Bertz CT molecular complexity index is 826. The predicted molar refractivity (Wildman–Crippen MR) is 89.0 cm³/mol. The lowest BCUT2D eigenvalue weighted by Gasteiger charge is -2.44. The molecule has 5 nitrogen and oxygen atoms in total. The third-order valence-corrected chi connectivity index (χ3v) is 5.27. The number of thiophene rings is 1. The fourth-order valence-corrected chi connectivity index (χ4v) is 3.78. The summed E-state index contributed by atoms with van der Waals surface area (Å²) in [6.45, 7) is 0. The van der Waals surface area contributed by atoms with Gasteiger partial charge in [-0.15, -0.1) is 11.3 Å². The predicted octanol–water partition coefficient (Wildman–Crippen LogP) is 3.51. The number of ketones is 1. The van der Waals surface area contributed by atoms with Crippen LogP contribution in [-0.4, -0.2) is 28.8 Å². The molecule has 138 valence electrons. The van der Waals surface area contributed by atoms with Crippen molar-refractivity contribution in [3.63, 3.8) is 0 Å². The van der Waals surface area contributed by atoms with E-state index in [1.54, 1.807) is 11.4 Å². The van der Waals surface area contributed by atoms with Crippen LogP contribution in [0.4, 0.5) is 18.0 Å². The zero-order valence-corrected chi connectivity index (χ0v) is 14.5. The van der Waals surface area contributed by atoms with Crippen LogP contribution in [0.2, 0.25) is 5.02 Å². The molecule has 1 aliphatic heterocycles. The number of Topliss-reactive ketones (excluding diaryl/α,β-unsaturated/α-hetero) is 1. The van der Waals surface area contributed by atoms with Crippen LogP contribution >= 0.6 is 22.9 Å². The van der Waals surface area contributed by atoms with Crippen molar-refractivity contribution in [3.05, 3.63) is 57.2 Å². The Morgan fingerprint density at radius 1 is 1.23 bits per heavy atom. The number of urea groups is 1. The van der Waals surface area contributed by atoms with Gasteiger partial charge in [-0.3, -0.25) is 4.79 Å².